The Hall–Kier alpha value is -1.42. The van der Waals surface area contributed by atoms with Crippen molar-refractivity contribution in [3.8, 4) is 0 Å². The zero-order chi connectivity index (χ0) is 12.3. The van der Waals surface area contributed by atoms with Crippen molar-refractivity contribution in [2.45, 2.75) is 20.8 Å². The van der Waals surface area contributed by atoms with Crippen LogP contribution in [-0.4, -0.2) is 5.91 Å². The van der Waals surface area contributed by atoms with Gasteiger partial charge in [0.15, 0.2) is 0 Å². The first-order valence-corrected chi connectivity index (χ1v) is 5.30. The molecule has 1 amide bonds. The second kappa shape index (κ2) is 4.61. The lowest BCUT2D eigenvalue weighted by atomic mass is 9.96. The predicted octanol–water partition coefficient (Wildman–Crippen LogP) is 2.41. The SMILES string of the molecule is CC(C)(C)C(=O)NNc1ccc(N)cc1Cl. The van der Waals surface area contributed by atoms with E-state index in [-0.39, 0.29) is 5.91 Å². The van der Waals surface area contributed by atoms with Crippen LogP contribution in [-0.2, 0) is 4.79 Å². The normalized spacial score (nSPS) is 11.0. The maximum atomic E-state index is 11.6. The van der Waals surface area contributed by atoms with Crippen LogP contribution in [0.4, 0.5) is 11.4 Å². The van der Waals surface area contributed by atoms with Gasteiger partial charge in [-0.2, -0.15) is 0 Å². The number of nitrogens with two attached hydrogens (primary N) is 1. The molecule has 0 heterocycles. The Labute approximate surface area is 100 Å². The molecule has 0 aromatic heterocycles. The molecule has 16 heavy (non-hydrogen) atoms. The molecule has 1 rings (SSSR count). The van der Waals surface area contributed by atoms with E-state index in [1.54, 1.807) is 18.2 Å². The van der Waals surface area contributed by atoms with Crippen molar-refractivity contribution >= 4 is 28.9 Å². The monoisotopic (exact) mass is 241 g/mol. The van der Waals surface area contributed by atoms with Gasteiger partial charge >= 0.3 is 0 Å². The first-order chi connectivity index (χ1) is 7.30. The van der Waals surface area contributed by atoms with Gasteiger partial charge in [0.2, 0.25) is 5.91 Å². The topological polar surface area (TPSA) is 67.2 Å². The summed E-state index contributed by atoms with van der Waals surface area (Å²) in [5.41, 5.74) is 11.6. The third-order valence-corrected chi connectivity index (χ3v) is 2.30. The van der Waals surface area contributed by atoms with E-state index < -0.39 is 5.41 Å². The molecule has 0 aliphatic rings. The van der Waals surface area contributed by atoms with Crippen LogP contribution in [0.3, 0.4) is 0 Å². The molecule has 0 aliphatic carbocycles. The summed E-state index contributed by atoms with van der Waals surface area (Å²) in [4.78, 5) is 11.6. The molecular weight excluding hydrogens is 226 g/mol. The molecule has 0 unspecified atom stereocenters. The number of amides is 1. The minimum Gasteiger partial charge on any atom is -0.399 e. The maximum absolute atomic E-state index is 11.6. The first kappa shape index (κ1) is 12.6. The molecule has 0 atom stereocenters. The van der Waals surface area contributed by atoms with E-state index in [0.29, 0.717) is 16.4 Å². The number of carbonyl (C=O) groups is 1. The maximum Gasteiger partial charge on any atom is 0.243 e. The molecule has 1 aromatic rings. The molecule has 5 heteroatoms. The van der Waals surface area contributed by atoms with Crippen LogP contribution < -0.4 is 16.6 Å². The lowest BCUT2D eigenvalue weighted by Gasteiger charge is -2.19. The molecular formula is C11H16ClN3O. The highest BCUT2D eigenvalue weighted by atomic mass is 35.5. The number of halogens is 1. The van der Waals surface area contributed by atoms with Crippen LogP contribution in [0.2, 0.25) is 5.02 Å². The summed E-state index contributed by atoms with van der Waals surface area (Å²) in [6.07, 6.45) is 0. The number of rotatable bonds is 2. The fraction of sp³-hybridized carbons (Fsp3) is 0.364. The van der Waals surface area contributed by atoms with Crippen molar-refractivity contribution in [1.82, 2.24) is 5.43 Å². The van der Waals surface area contributed by atoms with E-state index in [0.717, 1.165) is 0 Å². The lowest BCUT2D eigenvalue weighted by Crippen LogP contribution is -2.38. The Morgan fingerprint density at radius 3 is 2.50 bits per heavy atom. The highest BCUT2D eigenvalue weighted by Gasteiger charge is 2.20. The smallest absolute Gasteiger partial charge is 0.243 e. The summed E-state index contributed by atoms with van der Waals surface area (Å²) in [6.45, 7) is 5.48. The minimum atomic E-state index is -0.451. The van der Waals surface area contributed by atoms with Gasteiger partial charge in [0.05, 0.1) is 10.7 Å². The largest absolute Gasteiger partial charge is 0.399 e. The van der Waals surface area contributed by atoms with Gasteiger partial charge in [-0.3, -0.25) is 15.6 Å². The summed E-state index contributed by atoms with van der Waals surface area (Å²) in [5.74, 6) is -0.111. The number of nitrogens with one attached hydrogen (secondary N) is 2. The number of hydrogen-bond acceptors (Lipinski definition) is 3. The number of anilines is 2. The summed E-state index contributed by atoms with van der Waals surface area (Å²) in [5, 5.41) is 0.467. The summed E-state index contributed by atoms with van der Waals surface area (Å²) in [7, 11) is 0. The Balaban J connectivity index is 2.65. The first-order valence-electron chi connectivity index (χ1n) is 4.92. The van der Waals surface area contributed by atoms with Gasteiger partial charge < -0.3 is 5.73 Å². The van der Waals surface area contributed by atoms with Gasteiger partial charge in [0.25, 0.3) is 0 Å². The number of hydrogen-bond donors (Lipinski definition) is 3. The predicted molar refractivity (Wildman–Crippen MR) is 67.1 cm³/mol. The van der Waals surface area contributed by atoms with Crippen LogP contribution in [0.1, 0.15) is 20.8 Å². The Bertz CT molecular complexity index is 399. The zero-order valence-electron chi connectivity index (χ0n) is 9.60. The van der Waals surface area contributed by atoms with E-state index >= 15 is 0 Å². The quantitative estimate of drug-likeness (QED) is 0.550. The van der Waals surface area contributed by atoms with E-state index in [1.807, 2.05) is 20.8 Å². The highest BCUT2D eigenvalue weighted by Crippen LogP contribution is 2.23. The summed E-state index contributed by atoms with van der Waals surface area (Å²) < 4.78 is 0. The average Bonchev–Trinajstić information content (AvgIpc) is 2.14. The fourth-order valence-corrected chi connectivity index (χ4v) is 1.18. The Morgan fingerprint density at radius 2 is 2.00 bits per heavy atom. The third-order valence-electron chi connectivity index (χ3n) is 1.99. The number of nitrogen functional groups attached to an aromatic ring is 1. The van der Waals surface area contributed by atoms with Crippen LogP contribution in [0.15, 0.2) is 18.2 Å². The van der Waals surface area contributed by atoms with Crippen LogP contribution in [0.5, 0.6) is 0 Å². The van der Waals surface area contributed by atoms with Crippen molar-refractivity contribution in [2.75, 3.05) is 11.2 Å². The van der Waals surface area contributed by atoms with Crippen molar-refractivity contribution in [3.63, 3.8) is 0 Å². The van der Waals surface area contributed by atoms with E-state index in [2.05, 4.69) is 10.9 Å². The lowest BCUT2D eigenvalue weighted by molar-refractivity contribution is -0.127. The molecule has 0 bridgehead atoms. The van der Waals surface area contributed by atoms with Gasteiger partial charge in [-0.05, 0) is 18.2 Å². The molecule has 0 radical (unpaired) electrons. The Morgan fingerprint density at radius 1 is 1.38 bits per heavy atom. The van der Waals surface area contributed by atoms with Crippen molar-refractivity contribution in [2.24, 2.45) is 5.41 Å². The molecule has 0 saturated carbocycles. The molecule has 88 valence electrons. The van der Waals surface area contributed by atoms with Crippen LogP contribution in [0.25, 0.3) is 0 Å². The van der Waals surface area contributed by atoms with E-state index in [4.69, 9.17) is 17.3 Å². The van der Waals surface area contributed by atoms with Crippen molar-refractivity contribution in [1.29, 1.82) is 0 Å². The zero-order valence-corrected chi connectivity index (χ0v) is 10.4. The van der Waals surface area contributed by atoms with Gasteiger partial charge in [0.1, 0.15) is 0 Å². The van der Waals surface area contributed by atoms with Crippen LogP contribution >= 0.6 is 11.6 Å². The minimum absolute atomic E-state index is 0.111. The second-order valence-electron chi connectivity index (χ2n) is 4.57. The van der Waals surface area contributed by atoms with Gasteiger partial charge in [-0.1, -0.05) is 32.4 Å². The highest BCUT2D eigenvalue weighted by molar-refractivity contribution is 6.33. The fourth-order valence-electron chi connectivity index (χ4n) is 0.944. The van der Waals surface area contributed by atoms with E-state index in [1.165, 1.54) is 0 Å². The summed E-state index contributed by atoms with van der Waals surface area (Å²) >= 11 is 5.93. The average molecular weight is 242 g/mol. The van der Waals surface area contributed by atoms with Gasteiger partial charge in [-0.15, -0.1) is 0 Å². The van der Waals surface area contributed by atoms with Crippen molar-refractivity contribution < 1.29 is 4.79 Å². The number of carbonyl (C=O) groups excluding carboxylic acids is 1. The second-order valence-corrected chi connectivity index (χ2v) is 4.98. The van der Waals surface area contributed by atoms with Gasteiger partial charge in [-0.25, -0.2) is 0 Å². The molecule has 0 fully saturated rings. The number of benzene rings is 1. The molecule has 1 aromatic carbocycles. The molecule has 0 saturated heterocycles. The standard InChI is InChI=1S/C11H16ClN3O/c1-11(2,3)10(16)15-14-9-5-4-7(13)6-8(9)12/h4-6,14H,13H2,1-3H3,(H,15,16). The molecule has 4 N–H and O–H groups in total. The van der Waals surface area contributed by atoms with E-state index in [9.17, 15) is 4.79 Å². The molecule has 0 aliphatic heterocycles. The van der Waals surface area contributed by atoms with Crippen molar-refractivity contribution in [3.05, 3.63) is 23.2 Å². The summed E-state index contributed by atoms with van der Waals surface area (Å²) in [6, 6.07) is 5.03. The Kier molecular flexibility index (Phi) is 3.65. The van der Waals surface area contributed by atoms with Gasteiger partial charge in [0, 0.05) is 11.1 Å². The number of hydrazine groups is 1. The molecule has 4 nitrogen and oxygen atoms in total. The third kappa shape index (κ3) is 3.31. The van der Waals surface area contributed by atoms with Crippen LogP contribution in [0, 0.1) is 5.41 Å². The molecule has 0 spiro atoms.